The minimum Gasteiger partial charge on any atom is -0.396 e. The summed E-state index contributed by atoms with van der Waals surface area (Å²) in [6, 6.07) is 0. The monoisotopic (exact) mass is 171 g/mol. The molecule has 0 aromatic carbocycles. The Morgan fingerprint density at radius 3 is 2.50 bits per heavy atom. The summed E-state index contributed by atoms with van der Waals surface area (Å²) in [5, 5.41) is 9.03. The topological polar surface area (TPSA) is 23.5 Å². The zero-order chi connectivity index (χ0) is 8.97. The second kappa shape index (κ2) is 4.83. The van der Waals surface area contributed by atoms with Crippen LogP contribution in [0, 0.1) is 11.8 Å². The van der Waals surface area contributed by atoms with Crippen molar-refractivity contribution < 1.29 is 5.11 Å². The molecule has 0 aliphatic heterocycles. The highest BCUT2D eigenvalue weighted by Gasteiger charge is 2.21. The highest BCUT2D eigenvalue weighted by molar-refractivity contribution is 4.73. The van der Waals surface area contributed by atoms with Crippen molar-refractivity contribution in [1.82, 2.24) is 4.90 Å². The summed E-state index contributed by atoms with van der Waals surface area (Å²) in [6.45, 7) is 1.58. The van der Waals surface area contributed by atoms with Crippen molar-refractivity contribution in [2.45, 2.75) is 25.7 Å². The summed E-state index contributed by atoms with van der Waals surface area (Å²) < 4.78 is 0. The second-order valence-corrected chi connectivity index (χ2v) is 4.34. The summed E-state index contributed by atoms with van der Waals surface area (Å²) in [7, 11) is 4.26. The number of nitrogens with zero attached hydrogens (tertiary/aromatic N) is 1. The predicted octanol–water partition coefficient (Wildman–Crippen LogP) is 1.35. The Kier molecular flexibility index (Phi) is 4.02. The van der Waals surface area contributed by atoms with Gasteiger partial charge >= 0.3 is 0 Å². The fraction of sp³-hybridized carbons (Fsp3) is 1.00. The Hall–Kier alpha value is -0.0800. The third kappa shape index (κ3) is 3.11. The fourth-order valence-electron chi connectivity index (χ4n) is 2.25. The van der Waals surface area contributed by atoms with E-state index < -0.39 is 0 Å². The maximum Gasteiger partial charge on any atom is 0.0459 e. The molecule has 1 saturated carbocycles. The molecule has 0 spiro atoms. The average molecular weight is 171 g/mol. The van der Waals surface area contributed by atoms with Gasteiger partial charge in [0.25, 0.3) is 0 Å². The first-order valence-corrected chi connectivity index (χ1v) is 4.98. The van der Waals surface area contributed by atoms with Crippen LogP contribution in [0.3, 0.4) is 0 Å². The Bertz CT molecular complexity index is 125. The third-order valence-electron chi connectivity index (χ3n) is 2.77. The molecule has 0 heterocycles. The fourth-order valence-corrected chi connectivity index (χ4v) is 2.25. The summed E-state index contributed by atoms with van der Waals surface area (Å²) in [5.74, 6) is 1.41. The molecule has 72 valence electrons. The molecule has 1 aliphatic rings. The van der Waals surface area contributed by atoms with Crippen molar-refractivity contribution >= 4 is 0 Å². The second-order valence-electron chi connectivity index (χ2n) is 4.34. The first-order chi connectivity index (χ1) is 5.72. The third-order valence-corrected chi connectivity index (χ3v) is 2.77. The molecule has 2 nitrogen and oxygen atoms in total. The van der Waals surface area contributed by atoms with E-state index >= 15 is 0 Å². The van der Waals surface area contributed by atoms with Crippen LogP contribution in [0.25, 0.3) is 0 Å². The molecule has 2 atom stereocenters. The van der Waals surface area contributed by atoms with E-state index in [9.17, 15) is 0 Å². The van der Waals surface area contributed by atoms with Crippen LogP contribution < -0.4 is 0 Å². The lowest BCUT2D eigenvalue weighted by molar-refractivity contribution is 0.145. The first kappa shape index (κ1) is 10.0. The zero-order valence-corrected chi connectivity index (χ0v) is 8.29. The molecule has 0 unspecified atom stereocenters. The van der Waals surface area contributed by atoms with Gasteiger partial charge in [0.2, 0.25) is 0 Å². The van der Waals surface area contributed by atoms with Crippen LogP contribution in [0.4, 0.5) is 0 Å². The van der Waals surface area contributed by atoms with Crippen molar-refractivity contribution in [2.75, 3.05) is 27.2 Å². The Morgan fingerprint density at radius 1 is 1.25 bits per heavy atom. The van der Waals surface area contributed by atoms with Crippen molar-refractivity contribution in [2.24, 2.45) is 11.8 Å². The minimum absolute atomic E-state index is 0.393. The number of rotatable bonds is 3. The first-order valence-electron chi connectivity index (χ1n) is 4.98. The van der Waals surface area contributed by atoms with Crippen LogP contribution >= 0.6 is 0 Å². The number of aliphatic hydroxyl groups is 1. The molecule has 0 radical (unpaired) electrons. The molecule has 1 fully saturated rings. The van der Waals surface area contributed by atoms with Gasteiger partial charge in [-0.15, -0.1) is 0 Å². The summed E-state index contributed by atoms with van der Waals surface area (Å²) >= 11 is 0. The number of hydrogen-bond acceptors (Lipinski definition) is 2. The molecule has 0 amide bonds. The molecular weight excluding hydrogens is 150 g/mol. The van der Waals surface area contributed by atoms with Crippen LogP contribution in [-0.2, 0) is 0 Å². The van der Waals surface area contributed by atoms with Gasteiger partial charge in [-0.25, -0.2) is 0 Å². The van der Waals surface area contributed by atoms with Gasteiger partial charge in [0.05, 0.1) is 0 Å². The number of hydrogen-bond donors (Lipinski definition) is 1. The lowest BCUT2D eigenvalue weighted by Gasteiger charge is -2.29. The van der Waals surface area contributed by atoms with Gasteiger partial charge in [-0.1, -0.05) is 6.42 Å². The molecule has 0 saturated heterocycles. The molecule has 12 heavy (non-hydrogen) atoms. The van der Waals surface area contributed by atoms with E-state index in [1.807, 2.05) is 0 Å². The van der Waals surface area contributed by atoms with E-state index in [0.717, 1.165) is 5.92 Å². The Morgan fingerprint density at radius 2 is 1.92 bits per heavy atom. The highest BCUT2D eigenvalue weighted by Crippen LogP contribution is 2.28. The van der Waals surface area contributed by atoms with Gasteiger partial charge in [-0.3, -0.25) is 0 Å². The number of aliphatic hydroxyl groups excluding tert-OH is 1. The average Bonchev–Trinajstić information content (AvgIpc) is 2.03. The molecular formula is C10H21NO. The molecule has 2 heteroatoms. The molecule has 1 N–H and O–H groups in total. The van der Waals surface area contributed by atoms with Gasteiger partial charge < -0.3 is 10.0 Å². The quantitative estimate of drug-likeness (QED) is 0.693. The van der Waals surface area contributed by atoms with Crippen molar-refractivity contribution in [3.8, 4) is 0 Å². The zero-order valence-electron chi connectivity index (χ0n) is 8.29. The van der Waals surface area contributed by atoms with Gasteiger partial charge in [-0.2, -0.15) is 0 Å². The van der Waals surface area contributed by atoms with Gasteiger partial charge in [0.15, 0.2) is 0 Å². The van der Waals surface area contributed by atoms with E-state index in [-0.39, 0.29) is 0 Å². The largest absolute Gasteiger partial charge is 0.396 e. The summed E-state index contributed by atoms with van der Waals surface area (Å²) in [6.07, 6.45) is 5.13. The minimum atomic E-state index is 0.393. The predicted molar refractivity (Wildman–Crippen MR) is 51.1 cm³/mol. The highest BCUT2D eigenvalue weighted by atomic mass is 16.3. The Labute approximate surface area is 75.6 Å². The SMILES string of the molecule is CN(C)C[C@@H]1CCC[C@H](CO)C1. The maximum absolute atomic E-state index is 9.03. The van der Waals surface area contributed by atoms with Crippen LogP contribution in [-0.4, -0.2) is 37.3 Å². The van der Waals surface area contributed by atoms with E-state index in [4.69, 9.17) is 5.11 Å². The molecule has 0 bridgehead atoms. The molecule has 0 aromatic heterocycles. The Balaban J connectivity index is 2.25. The standard InChI is InChI=1S/C10H21NO/c1-11(2)7-9-4-3-5-10(6-9)8-12/h9-10,12H,3-8H2,1-2H3/t9-,10+/m1/s1. The van der Waals surface area contributed by atoms with Crippen molar-refractivity contribution in [3.05, 3.63) is 0 Å². The van der Waals surface area contributed by atoms with Crippen LogP contribution in [0.2, 0.25) is 0 Å². The van der Waals surface area contributed by atoms with E-state index in [0.29, 0.717) is 12.5 Å². The van der Waals surface area contributed by atoms with Crippen molar-refractivity contribution in [1.29, 1.82) is 0 Å². The molecule has 1 rings (SSSR count). The maximum atomic E-state index is 9.03. The lowest BCUT2D eigenvalue weighted by atomic mass is 9.82. The molecule has 1 aliphatic carbocycles. The van der Waals surface area contributed by atoms with Crippen LogP contribution in [0.15, 0.2) is 0 Å². The van der Waals surface area contributed by atoms with Crippen LogP contribution in [0.1, 0.15) is 25.7 Å². The van der Waals surface area contributed by atoms with Gasteiger partial charge in [-0.05, 0) is 45.2 Å². The van der Waals surface area contributed by atoms with Gasteiger partial charge in [0.1, 0.15) is 0 Å². The van der Waals surface area contributed by atoms with Gasteiger partial charge in [0, 0.05) is 13.2 Å². The van der Waals surface area contributed by atoms with E-state index in [1.165, 1.54) is 32.2 Å². The van der Waals surface area contributed by atoms with E-state index in [1.54, 1.807) is 0 Å². The van der Waals surface area contributed by atoms with E-state index in [2.05, 4.69) is 19.0 Å². The lowest BCUT2D eigenvalue weighted by Crippen LogP contribution is -2.27. The normalized spacial score (nSPS) is 31.0. The van der Waals surface area contributed by atoms with Crippen LogP contribution in [0.5, 0.6) is 0 Å². The summed E-state index contributed by atoms with van der Waals surface area (Å²) in [4.78, 5) is 2.25. The smallest absolute Gasteiger partial charge is 0.0459 e. The summed E-state index contributed by atoms with van der Waals surface area (Å²) in [5.41, 5.74) is 0. The molecule has 0 aromatic rings. The van der Waals surface area contributed by atoms with Crippen molar-refractivity contribution in [3.63, 3.8) is 0 Å².